The van der Waals surface area contributed by atoms with Crippen LogP contribution in [0.25, 0.3) is 0 Å². The topological polar surface area (TPSA) is 78.9 Å². The van der Waals surface area contributed by atoms with Crippen LogP contribution < -0.4 is 9.46 Å². The van der Waals surface area contributed by atoms with E-state index >= 15 is 0 Å². The summed E-state index contributed by atoms with van der Waals surface area (Å²) in [6.07, 6.45) is 1.66. The molecule has 9 heteroatoms. The highest BCUT2D eigenvalue weighted by molar-refractivity contribution is 7.89. The molecule has 0 bridgehead atoms. The number of ether oxygens (including phenoxy) is 1. The van der Waals surface area contributed by atoms with Crippen LogP contribution >= 0.6 is 23.2 Å². The van der Waals surface area contributed by atoms with E-state index in [2.05, 4.69) is 9.62 Å². The monoisotopic (exact) mass is 458 g/mol. The van der Waals surface area contributed by atoms with Crippen molar-refractivity contribution in [1.29, 1.82) is 0 Å². The second-order valence-corrected chi connectivity index (χ2v) is 9.51. The van der Waals surface area contributed by atoms with Gasteiger partial charge in [-0.25, -0.2) is 13.1 Å². The van der Waals surface area contributed by atoms with Crippen molar-refractivity contribution in [2.45, 2.75) is 30.3 Å². The van der Waals surface area contributed by atoms with Crippen LogP contribution in [-0.2, 0) is 16.6 Å². The van der Waals surface area contributed by atoms with Gasteiger partial charge in [-0.1, -0.05) is 35.3 Å². The molecule has 2 N–H and O–H groups in total. The van der Waals surface area contributed by atoms with E-state index in [0.717, 1.165) is 31.5 Å². The maximum Gasteiger partial charge on any atom is 0.242 e. The molecule has 1 aliphatic heterocycles. The summed E-state index contributed by atoms with van der Waals surface area (Å²) in [7, 11) is -3.75. The molecule has 0 aromatic heterocycles. The third-order valence-electron chi connectivity index (χ3n) is 4.70. The Labute approximate surface area is 181 Å². The van der Waals surface area contributed by atoms with Crippen molar-refractivity contribution in [2.24, 2.45) is 0 Å². The van der Waals surface area contributed by atoms with Crippen molar-refractivity contribution in [3.05, 3.63) is 58.1 Å². The summed E-state index contributed by atoms with van der Waals surface area (Å²) >= 11 is 12.0. The lowest BCUT2D eigenvalue weighted by Gasteiger charge is -2.33. The highest BCUT2D eigenvalue weighted by Crippen LogP contribution is 2.26. The molecule has 0 aliphatic carbocycles. The maximum absolute atomic E-state index is 12.8. The van der Waals surface area contributed by atoms with Crippen LogP contribution in [0.4, 0.5) is 0 Å². The van der Waals surface area contributed by atoms with Gasteiger partial charge in [-0.05, 0) is 55.3 Å². The predicted molar refractivity (Wildman–Crippen MR) is 114 cm³/mol. The van der Waals surface area contributed by atoms with Crippen molar-refractivity contribution in [2.75, 3.05) is 26.3 Å². The van der Waals surface area contributed by atoms with Crippen molar-refractivity contribution in [3.8, 4) is 5.75 Å². The number of likely N-dealkylation sites (tertiary alicyclic amines) is 1. The SMILES string of the molecule is O=S(=O)(N[C@@H]1CCCN(Cc2ccc(OCCO)cc2)C1)c1cc(Cl)ccc1Cl. The van der Waals surface area contributed by atoms with E-state index in [1.54, 1.807) is 6.07 Å². The fraction of sp³-hybridized carbons (Fsp3) is 0.400. The fourth-order valence-electron chi connectivity index (χ4n) is 3.37. The second-order valence-electron chi connectivity index (χ2n) is 6.99. The molecule has 29 heavy (non-hydrogen) atoms. The summed E-state index contributed by atoms with van der Waals surface area (Å²) in [5.41, 5.74) is 1.11. The molecule has 2 aromatic carbocycles. The van der Waals surface area contributed by atoms with Crippen LogP contribution in [0.15, 0.2) is 47.4 Å². The minimum Gasteiger partial charge on any atom is -0.491 e. The van der Waals surface area contributed by atoms with Crippen LogP contribution in [0.2, 0.25) is 10.0 Å². The van der Waals surface area contributed by atoms with Crippen molar-refractivity contribution >= 4 is 33.2 Å². The van der Waals surface area contributed by atoms with Crippen LogP contribution in [0.5, 0.6) is 5.75 Å². The zero-order valence-electron chi connectivity index (χ0n) is 15.9. The minimum absolute atomic E-state index is 0.00209. The van der Waals surface area contributed by atoms with E-state index in [1.807, 2.05) is 24.3 Å². The molecule has 0 saturated carbocycles. The molecular formula is C20H24Cl2N2O4S. The van der Waals surface area contributed by atoms with Crippen LogP contribution in [0.3, 0.4) is 0 Å². The zero-order chi connectivity index (χ0) is 20.9. The largest absolute Gasteiger partial charge is 0.491 e. The molecule has 1 fully saturated rings. The standard InChI is InChI=1S/C20H24Cl2N2O4S/c21-16-5-8-19(22)20(12-16)29(26,27)23-17-2-1-9-24(14-17)13-15-3-6-18(7-4-15)28-11-10-25/h3-8,12,17,23,25H,1-2,9-11,13-14H2/t17-/m1/s1. The van der Waals surface area contributed by atoms with Crippen molar-refractivity contribution in [3.63, 3.8) is 0 Å². The van der Waals surface area contributed by atoms with Gasteiger partial charge >= 0.3 is 0 Å². The lowest BCUT2D eigenvalue weighted by Crippen LogP contribution is -2.47. The number of sulfonamides is 1. The van der Waals surface area contributed by atoms with E-state index in [-0.39, 0.29) is 29.2 Å². The third-order valence-corrected chi connectivity index (χ3v) is 6.94. The Morgan fingerprint density at radius 3 is 2.66 bits per heavy atom. The van der Waals surface area contributed by atoms with Gasteiger partial charge in [0.05, 0.1) is 11.6 Å². The number of hydrogen-bond donors (Lipinski definition) is 2. The Kier molecular flexibility index (Phi) is 7.79. The Balaban J connectivity index is 1.61. The Morgan fingerprint density at radius 1 is 1.17 bits per heavy atom. The Bertz CT molecular complexity index is 923. The van der Waals surface area contributed by atoms with Crippen molar-refractivity contribution < 1.29 is 18.3 Å². The van der Waals surface area contributed by atoms with E-state index in [9.17, 15) is 8.42 Å². The molecule has 1 heterocycles. The van der Waals surface area contributed by atoms with Gasteiger partial charge in [0.15, 0.2) is 0 Å². The number of halogens is 2. The molecule has 0 amide bonds. The number of piperidine rings is 1. The predicted octanol–water partition coefficient (Wildman–Crippen LogP) is 3.31. The van der Waals surface area contributed by atoms with Crippen LogP contribution in [0, 0.1) is 0 Å². The molecule has 1 aliphatic rings. The summed E-state index contributed by atoms with van der Waals surface area (Å²) in [4.78, 5) is 2.22. The first-order chi connectivity index (χ1) is 13.9. The highest BCUT2D eigenvalue weighted by atomic mass is 35.5. The number of hydrogen-bond acceptors (Lipinski definition) is 5. The van der Waals surface area contributed by atoms with Gasteiger partial charge < -0.3 is 9.84 Å². The van der Waals surface area contributed by atoms with Gasteiger partial charge in [0, 0.05) is 24.2 Å². The Morgan fingerprint density at radius 2 is 1.93 bits per heavy atom. The minimum atomic E-state index is -3.75. The number of nitrogens with zero attached hydrogens (tertiary/aromatic N) is 1. The first-order valence-corrected chi connectivity index (χ1v) is 11.6. The molecular weight excluding hydrogens is 435 g/mol. The summed E-state index contributed by atoms with van der Waals surface area (Å²) in [5, 5.41) is 9.29. The quantitative estimate of drug-likeness (QED) is 0.634. The lowest BCUT2D eigenvalue weighted by atomic mass is 10.1. The third kappa shape index (κ3) is 6.31. The van der Waals surface area contributed by atoms with Gasteiger partial charge in [0.25, 0.3) is 0 Å². The summed E-state index contributed by atoms with van der Waals surface area (Å²) in [6.45, 7) is 2.48. The van der Waals surface area contributed by atoms with Gasteiger partial charge in [-0.2, -0.15) is 0 Å². The van der Waals surface area contributed by atoms with E-state index in [1.165, 1.54) is 12.1 Å². The Hall–Kier alpha value is -1.35. The molecule has 1 atom stereocenters. The van der Waals surface area contributed by atoms with Crippen LogP contribution in [-0.4, -0.2) is 50.8 Å². The average Bonchev–Trinajstić information content (AvgIpc) is 2.69. The number of benzene rings is 2. The van der Waals surface area contributed by atoms with Gasteiger partial charge in [-0.15, -0.1) is 0 Å². The molecule has 0 spiro atoms. The summed E-state index contributed by atoms with van der Waals surface area (Å²) in [5.74, 6) is 0.713. The van der Waals surface area contributed by atoms with E-state index < -0.39 is 10.0 Å². The lowest BCUT2D eigenvalue weighted by molar-refractivity contribution is 0.194. The normalized spacial score (nSPS) is 18.0. The first kappa shape index (κ1) is 22.3. The average molecular weight is 459 g/mol. The number of rotatable bonds is 8. The van der Waals surface area contributed by atoms with E-state index in [0.29, 0.717) is 17.3 Å². The molecule has 0 unspecified atom stereocenters. The smallest absolute Gasteiger partial charge is 0.242 e. The summed E-state index contributed by atoms with van der Waals surface area (Å²) < 4.78 is 33.7. The summed E-state index contributed by atoms with van der Waals surface area (Å²) in [6, 6.07) is 11.9. The zero-order valence-corrected chi connectivity index (χ0v) is 18.2. The fourth-order valence-corrected chi connectivity index (χ4v) is 5.40. The first-order valence-electron chi connectivity index (χ1n) is 9.40. The molecule has 2 aromatic rings. The molecule has 1 saturated heterocycles. The van der Waals surface area contributed by atoms with Crippen LogP contribution in [0.1, 0.15) is 18.4 Å². The van der Waals surface area contributed by atoms with E-state index in [4.69, 9.17) is 33.0 Å². The number of nitrogens with one attached hydrogen (secondary N) is 1. The number of aliphatic hydroxyl groups excluding tert-OH is 1. The second kappa shape index (κ2) is 10.1. The molecule has 0 radical (unpaired) electrons. The number of aliphatic hydroxyl groups is 1. The highest BCUT2D eigenvalue weighted by Gasteiger charge is 2.26. The van der Waals surface area contributed by atoms with Crippen molar-refractivity contribution in [1.82, 2.24) is 9.62 Å². The molecule has 6 nitrogen and oxygen atoms in total. The maximum atomic E-state index is 12.8. The molecule has 158 valence electrons. The van der Waals surface area contributed by atoms with Gasteiger partial charge in [0.2, 0.25) is 10.0 Å². The molecule has 3 rings (SSSR count). The van der Waals surface area contributed by atoms with Gasteiger partial charge in [-0.3, -0.25) is 4.90 Å². The van der Waals surface area contributed by atoms with Gasteiger partial charge in [0.1, 0.15) is 17.3 Å².